The van der Waals surface area contributed by atoms with Gasteiger partial charge in [0.1, 0.15) is 6.61 Å². The number of hydrogen-bond acceptors (Lipinski definition) is 4. The van der Waals surface area contributed by atoms with Crippen LogP contribution in [-0.2, 0) is 20.9 Å². The summed E-state index contributed by atoms with van der Waals surface area (Å²) < 4.78 is 5.65. The van der Waals surface area contributed by atoms with Crippen LogP contribution in [-0.4, -0.2) is 67.0 Å². The maximum Gasteiger partial charge on any atom is 0.248 e. The maximum absolute atomic E-state index is 13.3. The minimum Gasteiger partial charge on any atom is -0.367 e. The van der Waals surface area contributed by atoms with Gasteiger partial charge >= 0.3 is 0 Å². The number of carbonyl (C=O) groups is 2. The van der Waals surface area contributed by atoms with Crippen molar-refractivity contribution in [3.8, 4) is 0 Å². The van der Waals surface area contributed by atoms with Gasteiger partial charge in [0.25, 0.3) is 0 Å². The van der Waals surface area contributed by atoms with Crippen molar-refractivity contribution >= 4 is 11.8 Å². The zero-order valence-electron chi connectivity index (χ0n) is 20.1. The second-order valence-corrected chi connectivity index (χ2v) is 10.1. The number of hydrogen-bond donors (Lipinski definition) is 1. The smallest absolute Gasteiger partial charge is 0.248 e. The second-order valence-electron chi connectivity index (χ2n) is 10.1. The Morgan fingerprint density at radius 2 is 1.58 bits per heavy atom. The molecule has 0 aromatic heterocycles. The molecule has 1 atom stereocenters. The summed E-state index contributed by atoms with van der Waals surface area (Å²) in [6, 6.07) is 9.90. The Balaban J connectivity index is 1.24. The fourth-order valence-electron chi connectivity index (χ4n) is 5.86. The monoisotopic (exact) mass is 455 g/mol. The minimum atomic E-state index is -0.0392. The Hall–Kier alpha value is -1.92. The molecule has 0 spiro atoms. The van der Waals surface area contributed by atoms with E-state index in [1.807, 2.05) is 35.2 Å². The Morgan fingerprint density at radius 3 is 2.27 bits per heavy atom. The minimum absolute atomic E-state index is 0.0392. The van der Waals surface area contributed by atoms with Gasteiger partial charge in [-0.3, -0.25) is 14.5 Å². The van der Waals surface area contributed by atoms with Crippen LogP contribution in [0, 0.1) is 11.8 Å². The highest BCUT2D eigenvalue weighted by atomic mass is 16.5. The highest BCUT2D eigenvalue weighted by Crippen LogP contribution is 2.31. The largest absolute Gasteiger partial charge is 0.367 e. The van der Waals surface area contributed by atoms with E-state index in [0.29, 0.717) is 31.5 Å². The predicted octanol–water partition coefficient (Wildman–Crippen LogP) is 3.60. The molecule has 2 amide bonds. The van der Waals surface area contributed by atoms with E-state index in [2.05, 4.69) is 10.2 Å². The lowest BCUT2D eigenvalue weighted by molar-refractivity contribution is -0.139. The summed E-state index contributed by atoms with van der Waals surface area (Å²) in [5, 5.41) is 3.32. The lowest BCUT2D eigenvalue weighted by Gasteiger charge is -2.41. The first-order valence-electron chi connectivity index (χ1n) is 13.1. The first-order valence-corrected chi connectivity index (χ1v) is 13.1. The van der Waals surface area contributed by atoms with Crippen molar-refractivity contribution in [2.75, 3.05) is 39.3 Å². The summed E-state index contributed by atoms with van der Waals surface area (Å²) in [5.41, 5.74) is 1.08. The molecule has 2 aliphatic carbocycles. The van der Waals surface area contributed by atoms with Crippen LogP contribution >= 0.6 is 0 Å². The van der Waals surface area contributed by atoms with Gasteiger partial charge in [-0.15, -0.1) is 0 Å². The summed E-state index contributed by atoms with van der Waals surface area (Å²) in [4.78, 5) is 30.2. The molecule has 1 aliphatic heterocycles. The van der Waals surface area contributed by atoms with E-state index in [0.717, 1.165) is 38.0 Å². The van der Waals surface area contributed by atoms with Gasteiger partial charge in [0.2, 0.25) is 11.8 Å². The first-order chi connectivity index (χ1) is 16.2. The lowest BCUT2D eigenvalue weighted by atomic mass is 9.89. The average Bonchev–Trinajstić information content (AvgIpc) is 3.39. The number of carbonyl (C=O) groups excluding carboxylic acids is 2. The number of amides is 2. The van der Waals surface area contributed by atoms with E-state index in [9.17, 15) is 9.59 Å². The van der Waals surface area contributed by atoms with Crippen LogP contribution in [0.25, 0.3) is 0 Å². The number of rotatable bonds is 9. The van der Waals surface area contributed by atoms with Gasteiger partial charge < -0.3 is 15.0 Å². The number of nitrogens with one attached hydrogen (secondary N) is 1. The van der Waals surface area contributed by atoms with Crippen LogP contribution in [0.5, 0.6) is 0 Å². The molecule has 1 saturated heterocycles. The first kappa shape index (κ1) is 24.2. The topological polar surface area (TPSA) is 61.9 Å². The quantitative estimate of drug-likeness (QED) is 0.618. The predicted molar refractivity (Wildman–Crippen MR) is 130 cm³/mol. The van der Waals surface area contributed by atoms with E-state index in [4.69, 9.17) is 4.74 Å². The molecule has 1 N–H and O–H groups in total. The summed E-state index contributed by atoms with van der Waals surface area (Å²) in [6.07, 6.45) is 11.2. The third-order valence-electron chi connectivity index (χ3n) is 7.80. The van der Waals surface area contributed by atoms with E-state index >= 15 is 0 Å². The number of ether oxygens (including phenoxy) is 1. The second kappa shape index (κ2) is 12.5. The molecule has 0 unspecified atom stereocenters. The fourth-order valence-corrected chi connectivity index (χ4v) is 5.86. The molecule has 2 saturated carbocycles. The summed E-state index contributed by atoms with van der Waals surface area (Å²) in [7, 11) is 0. The summed E-state index contributed by atoms with van der Waals surface area (Å²) in [5.74, 6) is 1.37. The van der Waals surface area contributed by atoms with Crippen LogP contribution in [0.1, 0.15) is 63.4 Å². The van der Waals surface area contributed by atoms with E-state index < -0.39 is 0 Å². The molecule has 1 aromatic rings. The molecule has 3 fully saturated rings. The van der Waals surface area contributed by atoms with Crippen molar-refractivity contribution in [1.29, 1.82) is 0 Å². The van der Waals surface area contributed by atoms with Gasteiger partial charge in [0.05, 0.1) is 12.6 Å². The number of piperazine rings is 1. The van der Waals surface area contributed by atoms with E-state index in [1.165, 1.54) is 44.9 Å². The van der Waals surface area contributed by atoms with Gasteiger partial charge in [-0.2, -0.15) is 0 Å². The Kier molecular flexibility index (Phi) is 9.18. The molecule has 6 heteroatoms. The van der Waals surface area contributed by atoms with Crippen molar-refractivity contribution in [3.05, 3.63) is 35.9 Å². The average molecular weight is 456 g/mol. The molecule has 0 radical (unpaired) electrons. The highest BCUT2D eigenvalue weighted by Gasteiger charge is 2.37. The Labute approximate surface area is 199 Å². The fraction of sp³-hybridized carbons (Fsp3) is 0.704. The van der Waals surface area contributed by atoms with Crippen molar-refractivity contribution in [1.82, 2.24) is 15.1 Å². The third kappa shape index (κ3) is 7.03. The van der Waals surface area contributed by atoms with Gasteiger partial charge in [-0.05, 0) is 43.1 Å². The van der Waals surface area contributed by atoms with Crippen molar-refractivity contribution in [3.63, 3.8) is 0 Å². The zero-order chi connectivity index (χ0) is 22.9. The number of nitrogens with zero attached hydrogens (tertiary/aromatic N) is 2. The van der Waals surface area contributed by atoms with E-state index in [-0.39, 0.29) is 24.5 Å². The van der Waals surface area contributed by atoms with Crippen LogP contribution < -0.4 is 5.32 Å². The molecule has 0 bridgehead atoms. The van der Waals surface area contributed by atoms with Crippen LogP contribution in [0.15, 0.2) is 30.3 Å². The summed E-state index contributed by atoms with van der Waals surface area (Å²) in [6.45, 7) is 4.28. The van der Waals surface area contributed by atoms with Gasteiger partial charge in [-0.25, -0.2) is 0 Å². The Morgan fingerprint density at radius 1 is 0.909 bits per heavy atom. The standard InChI is InChI=1S/C27H41N3O3/c31-25(21-33-20-23-11-5-2-6-12-23)29-15-17-30(18-16-29)26(24-13-7-8-14-24)27(32)28-19-22-9-3-1-4-10-22/h2,5-6,11-12,22,24,26H,1,3-4,7-10,13-21H2,(H,28,32)/t26-/m1/s1. The van der Waals surface area contributed by atoms with Crippen LogP contribution in [0.2, 0.25) is 0 Å². The molecule has 6 nitrogen and oxygen atoms in total. The zero-order valence-corrected chi connectivity index (χ0v) is 20.1. The molecule has 33 heavy (non-hydrogen) atoms. The van der Waals surface area contributed by atoms with Crippen molar-refractivity contribution in [2.45, 2.75) is 70.4 Å². The van der Waals surface area contributed by atoms with Gasteiger partial charge in [0.15, 0.2) is 0 Å². The molecule has 182 valence electrons. The summed E-state index contributed by atoms with van der Waals surface area (Å²) >= 11 is 0. The molecule has 1 aromatic carbocycles. The SMILES string of the molecule is O=C(NCC1CCCCC1)[C@@H](C1CCCC1)N1CCN(C(=O)COCc2ccccc2)CC1. The maximum atomic E-state index is 13.3. The molecule has 1 heterocycles. The third-order valence-corrected chi connectivity index (χ3v) is 7.80. The van der Waals surface area contributed by atoms with E-state index in [1.54, 1.807) is 0 Å². The lowest BCUT2D eigenvalue weighted by Crippen LogP contribution is -2.58. The highest BCUT2D eigenvalue weighted by molar-refractivity contribution is 5.82. The Bertz CT molecular complexity index is 736. The van der Waals surface area contributed by atoms with Gasteiger partial charge in [0, 0.05) is 32.7 Å². The van der Waals surface area contributed by atoms with Crippen LogP contribution in [0.4, 0.5) is 0 Å². The van der Waals surface area contributed by atoms with Crippen molar-refractivity contribution in [2.24, 2.45) is 11.8 Å². The number of benzene rings is 1. The molecule has 4 rings (SSSR count). The molecule has 3 aliphatic rings. The van der Waals surface area contributed by atoms with Crippen LogP contribution in [0.3, 0.4) is 0 Å². The van der Waals surface area contributed by atoms with Gasteiger partial charge in [-0.1, -0.05) is 62.4 Å². The molecular formula is C27H41N3O3. The molecular weight excluding hydrogens is 414 g/mol. The van der Waals surface area contributed by atoms with Crippen molar-refractivity contribution < 1.29 is 14.3 Å². The normalized spacial score (nSPS) is 21.8.